The Kier molecular flexibility index (Phi) is 4.27. The lowest BCUT2D eigenvalue weighted by atomic mass is 10.1. The molecule has 1 heterocycles. The van der Waals surface area contributed by atoms with Crippen LogP contribution in [0.2, 0.25) is 0 Å². The van der Waals surface area contributed by atoms with Crippen LogP contribution in [-0.4, -0.2) is 50.2 Å². The first kappa shape index (κ1) is 11.9. The minimum Gasteiger partial charge on any atom is -0.396 e. The van der Waals surface area contributed by atoms with Crippen molar-refractivity contribution in [3.8, 4) is 0 Å². The Labute approximate surface area is 83.8 Å². The summed E-state index contributed by atoms with van der Waals surface area (Å²) in [5.74, 6) is 0. The van der Waals surface area contributed by atoms with Crippen molar-refractivity contribution in [3.05, 3.63) is 0 Å². The highest BCUT2D eigenvalue weighted by Crippen LogP contribution is 2.19. The summed E-state index contributed by atoms with van der Waals surface area (Å²) < 4.78 is 28.3. The first-order valence-corrected chi connectivity index (χ1v) is 6.04. The van der Waals surface area contributed by atoms with E-state index in [0.717, 1.165) is 6.42 Å². The number of nitrogens with zero attached hydrogens (tertiary/aromatic N) is 1. The highest BCUT2D eigenvalue weighted by molar-refractivity contribution is 7.86. The Morgan fingerprint density at radius 2 is 2.29 bits per heavy atom. The zero-order valence-electron chi connectivity index (χ0n) is 7.92. The van der Waals surface area contributed by atoms with Gasteiger partial charge in [0, 0.05) is 19.8 Å². The van der Waals surface area contributed by atoms with Crippen LogP contribution in [0.25, 0.3) is 0 Å². The summed E-state index contributed by atoms with van der Waals surface area (Å²) in [6.07, 6.45) is 1.36. The van der Waals surface area contributed by atoms with Crippen LogP contribution < -0.4 is 5.14 Å². The van der Waals surface area contributed by atoms with Gasteiger partial charge in [-0.25, -0.2) is 5.14 Å². The molecule has 0 amide bonds. The summed E-state index contributed by atoms with van der Waals surface area (Å²) >= 11 is 0. The summed E-state index contributed by atoms with van der Waals surface area (Å²) in [5.41, 5.74) is 0. The number of rotatable bonds is 6. The molecule has 0 aliphatic carbocycles. The van der Waals surface area contributed by atoms with E-state index in [4.69, 9.17) is 15.0 Å². The molecule has 1 unspecified atom stereocenters. The third kappa shape index (κ3) is 3.18. The second-order valence-electron chi connectivity index (χ2n) is 3.25. The van der Waals surface area contributed by atoms with Crippen molar-refractivity contribution >= 4 is 10.2 Å². The van der Waals surface area contributed by atoms with E-state index in [1.54, 1.807) is 0 Å². The third-order valence-electron chi connectivity index (χ3n) is 2.17. The Hall–Kier alpha value is -0.210. The molecule has 84 valence electrons. The Morgan fingerprint density at radius 3 is 2.71 bits per heavy atom. The third-order valence-corrected chi connectivity index (χ3v) is 3.31. The largest absolute Gasteiger partial charge is 0.396 e. The van der Waals surface area contributed by atoms with Gasteiger partial charge in [-0.3, -0.25) is 0 Å². The van der Waals surface area contributed by atoms with E-state index in [0.29, 0.717) is 26.2 Å². The van der Waals surface area contributed by atoms with Crippen LogP contribution >= 0.6 is 0 Å². The summed E-state index contributed by atoms with van der Waals surface area (Å²) in [5, 5.41) is 13.4. The molecule has 1 rings (SSSR count). The number of aliphatic hydroxyl groups is 1. The predicted molar refractivity (Wildman–Crippen MR) is 50.7 cm³/mol. The van der Waals surface area contributed by atoms with Crippen molar-refractivity contribution in [2.75, 3.05) is 26.4 Å². The van der Waals surface area contributed by atoms with Crippen LogP contribution in [0, 0.1) is 0 Å². The number of ether oxygens (including phenoxy) is 1. The van der Waals surface area contributed by atoms with E-state index >= 15 is 0 Å². The van der Waals surface area contributed by atoms with E-state index in [-0.39, 0.29) is 12.6 Å². The first-order chi connectivity index (χ1) is 6.55. The highest BCUT2D eigenvalue weighted by Gasteiger charge is 2.35. The molecule has 1 saturated heterocycles. The van der Waals surface area contributed by atoms with Gasteiger partial charge in [-0.2, -0.15) is 12.7 Å². The second-order valence-corrected chi connectivity index (χ2v) is 4.75. The zero-order chi connectivity index (χ0) is 10.6. The number of nitrogens with two attached hydrogens (primary N) is 1. The fraction of sp³-hybridized carbons (Fsp3) is 1.00. The summed E-state index contributed by atoms with van der Waals surface area (Å²) in [6, 6.07) is -0.122. The topological polar surface area (TPSA) is 92.9 Å². The standard InChI is InChI=1S/C7H16N2O4S/c8-14(11,12)9-3-2-7(9)6-13-5-1-4-10/h7,10H,1-6H2,(H2,8,11,12). The Morgan fingerprint density at radius 1 is 1.57 bits per heavy atom. The van der Waals surface area contributed by atoms with Gasteiger partial charge < -0.3 is 9.84 Å². The van der Waals surface area contributed by atoms with Crippen LogP contribution in [-0.2, 0) is 14.9 Å². The molecule has 1 atom stereocenters. The average Bonchev–Trinajstić information content (AvgIpc) is 1.98. The van der Waals surface area contributed by atoms with E-state index in [2.05, 4.69) is 0 Å². The Bertz CT molecular complexity index is 267. The monoisotopic (exact) mass is 224 g/mol. The van der Waals surface area contributed by atoms with Crippen molar-refractivity contribution in [2.24, 2.45) is 5.14 Å². The molecular formula is C7H16N2O4S. The molecular weight excluding hydrogens is 208 g/mol. The number of aliphatic hydroxyl groups excluding tert-OH is 1. The lowest BCUT2D eigenvalue weighted by Gasteiger charge is -2.37. The Balaban J connectivity index is 2.20. The molecule has 0 aromatic carbocycles. The van der Waals surface area contributed by atoms with Crippen molar-refractivity contribution in [1.82, 2.24) is 4.31 Å². The van der Waals surface area contributed by atoms with Gasteiger partial charge in [0.25, 0.3) is 10.2 Å². The highest BCUT2D eigenvalue weighted by atomic mass is 32.2. The van der Waals surface area contributed by atoms with Crippen LogP contribution in [0.5, 0.6) is 0 Å². The maximum atomic E-state index is 10.9. The van der Waals surface area contributed by atoms with Gasteiger partial charge in [0.2, 0.25) is 0 Å². The molecule has 0 radical (unpaired) electrons. The lowest BCUT2D eigenvalue weighted by molar-refractivity contribution is 0.0448. The molecule has 7 heteroatoms. The fourth-order valence-corrected chi connectivity index (χ4v) is 2.25. The van der Waals surface area contributed by atoms with Gasteiger partial charge in [-0.15, -0.1) is 0 Å². The van der Waals surface area contributed by atoms with Crippen molar-refractivity contribution < 1.29 is 18.3 Å². The molecule has 14 heavy (non-hydrogen) atoms. The predicted octanol–water partition coefficient (Wildman–Crippen LogP) is -1.34. The molecule has 1 fully saturated rings. The van der Waals surface area contributed by atoms with Crippen molar-refractivity contribution in [3.63, 3.8) is 0 Å². The maximum absolute atomic E-state index is 10.9. The van der Waals surface area contributed by atoms with Crippen LogP contribution in [0.3, 0.4) is 0 Å². The van der Waals surface area contributed by atoms with Gasteiger partial charge in [-0.1, -0.05) is 0 Å². The van der Waals surface area contributed by atoms with E-state index in [1.807, 2.05) is 0 Å². The molecule has 6 nitrogen and oxygen atoms in total. The number of hydrogen-bond donors (Lipinski definition) is 2. The molecule has 1 aliphatic heterocycles. The molecule has 0 bridgehead atoms. The summed E-state index contributed by atoms with van der Waals surface area (Å²) in [4.78, 5) is 0. The molecule has 0 saturated carbocycles. The fourth-order valence-electron chi connectivity index (χ4n) is 1.30. The smallest absolute Gasteiger partial charge is 0.277 e. The quantitative estimate of drug-likeness (QED) is 0.546. The molecule has 1 aliphatic rings. The molecule has 0 spiro atoms. The SMILES string of the molecule is NS(=O)(=O)N1CCC1COCCCO. The van der Waals surface area contributed by atoms with Gasteiger partial charge in [-0.05, 0) is 12.8 Å². The van der Waals surface area contributed by atoms with E-state index < -0.39 is 10.2 Å². The van der Waals surface area contributed by atoms with Crippen LogP contribution in [0.4, 0.5) is 0 Å². The summed E-state index contributed by atoms with van der Waals surface area (Å²) in [7, 11) is -3.55. The second kappa shape index (κ2) is 5.04. The minimum absolute atomic E-state index is 0.0869. The van der Waals surface area contributed by atoms with Crippen LogP contribution in [0.15, 0.2) is 0 Å². The van der Waals surface area contributed by atoms with Gasteiger partial charge in [0.1, 0.15) is 0 Å². The van der Waals surface area contributed by atoms with E-state index in [9.17, 15) is 8.42 Å². The zero-order valence-corrected chi connectivity index (χ0v) is 8.74. The summed E-state index contributed by atoms with van der Waals surface area (Å²) in [6.45, 7) is 1.37. The van der Waals surface area contributed by atoms with Crippen molar-refractivity contribution in [1.29, 1.82) is 0 Å². The van der Waals surface area contributed by atoms with Crippen molar-refractivity contribution in [2.45, 2.75) is 18.9 Å². The van der Waals surface area contributed by atoms with Gasteiger partial charge >= 0.3 is 0 Å². The first-order valence-electron chi connectivity index (χ1n) is 4.54. The molecule has 0 aromatic rings. The van der Waals surface area contributed by atoms with Gasteiger partial charge in [0.05, 0.1) is 12.6 Å². The molecule has 3 N–H and O–H groups in total. The van der Waals surface area contributed by atoms with Crippen LogP contribution in [0.1, 0.15) is 12.8 Å². The minimum atomic E-state index is -3.55. The molecule has 0 aromatic heterocycles. The van der Waals surface area contributed by atoms with E-state index in [1.165, 1.54) is 4.31 Å². The maximum Gasteiger partial charge on any atom is 0.277 e. The van der Waals surface area contributed by atoms with Gasteiger partial charge in [0.15, 0.2) is 0 Å². The number of hydrogen-bond acceptors (Lipinski definition) is 4. The average molecular weight is 224 g/mol. The normalized spacial score (nSPS) is 23.4. The lowest BCUT2D eigenvalue weighted by Crippen LogP contribution is -2.55.